The second kappa shape index (κ2) is 11.1. The number of carbonyl (C=O) groups is 2. The Morgan fingerprint density at radius 3 is 2.46 bits per heavy atom. The molecule has 2 aromatic carbocycles. The van der Waals surface area contributed by atoms with Crippen LogP contribution < -0.4 is 10.6 Å². The van der Waals surface area contributed by atoms with Gasteiger partial charge in [-0.25, -0.2) is 4.68 Å². The molecular weight excluding hydrogens is 438 g/mol. The van der Waals surface area contributed by atoms with E-state index in [9.17, 15) is 9.59 Å². The van der Waals surface area contributed by atoms with Crippen LogP contribution in [0.25, 0.3) is 23.0 Å². The lowest BCUT2D eigenvalue weighted by molar-refractivity contribution is -0.121. The highest BCUT2D eigenvalue weighted by atomic mass is 16.2. The van der Waals surface area contributed by atoms with Gasteiger partial charge < -0.3 is 10.6 Å². The Hall–Kier alpha value is -4.52. The average molecular weight is 466 g/mol. The molecule has 7 nitrogen and oxygen atoms in total. The van der Waals surface area contributed by atoms with E-state index in [1.54, 1.807) is 35.3 Å². The van der Waals surface area contributed by atoms with E-state index in [0.717, 1.165) is 28.1 Å². The SMILES string of the molecule is CC(C)NC(=O)Cc1ccc(NC(=O)/C=C/c2cn(-c3ccccc3)nc2-c2cccnc2)cc1. The third kappa shape index (κ3) is 6.51. The first-order valence-electron chi connectivity index (χ1n) is 11.4. The van der Waals surface area contributed by atoms with E-state index >= 15 is 0 Å². The van der Waals surface area contributed by atoms with E-state index < -0.39 is 0 Å². The predicted octanol–water partition coefficient (Wildman–Crippen LogP) is 4.65. The van der Waals surface area contributed by atoms with Crippen molar-refractivity contribution in [1.82, 2.24) is 20.1 Å². The number of benzene rings is 2. The number of pyridine rings is 1. The molecule has 0 bridgehead atoms. The third-order valence-electron chi connectivity index (χ3n) is 5.15. The second-order valence-electron chi connectivity index (χ2n) is 8.37. The molecule has 0 saturated carbocycles. The summed E-state index contributed by atoms with van der Waals surface area (Å²) >= 11 is 0. The van der Waals surface area contributed by atoms with Gasteiger partial charge in [-0.05, 0) is 61.9 Å². The van der Waals surface area contributed by atoms with Gasteiger partial charge in [-0.1, -0.05) is 30.3 Å². The number of anilines is 1. The van der Waals surface area contributed by atoms with Gasteiger partial charge in [0.25, 0.3) is 0 Å². The maximum Gasteiger partial charge on any atom is 0.248 e. The van der Waals surface area contributed by atoms with E-state index in [1.165, 1.54) is 6.08 Å². The molecule has 176 valence electrons. The summed E-state index contributed by atoms with van der Waals surface area (Å²) in [5.41, 5.74) is 4.84. The Balaban J connectivity index is 1.48. The summed E-state index contributed by atoms with van der Waals surface area (Å²) in [6, 6.07) is 20.9. The molecule has 0 radical (unpaired) electrons. The van der Waals surface area contributed by atoms with Crippen LogP contribution in [-0.2, 0) is 16.0 Å². The predicted molar refractivity (Wildman–Crippen MR) is 138 cm³/mol. The zero-order chi connectivity index (χ0) is 24.6. The lowest BCUT2D eigenvalue weighted by Gasteiger charge is -2.08. The van der Waals surface area contributed by atoms with Crippen molar-refractivity contribution in [2.75, 3.05) is 5.32 Å². The van der Waals surface area contributed by atoms with Crippen LogP contribution in [0.15, 0.2) is 91.4 Å². The Labute approximate surface area is 204 Å². The molecule has 2 amide bonds. The van der Waals surface area contributed by atoms with Gasteiger partial charge in [-0.2, -0.15) is 5.10 Å². The van der Waals surface area contributed by atoms with Crippen molar-refractivity contribution >= 4 is 23.6 Å². The molecule has 0 atom stereocenters. The monoisotopic (exact) mass is 465 g/mol. The molecule has 4 rings (SSSR count). The third-order valence-corrected chi connectivity index (χ3v) is 5.15. The highest BCUT2D eigenvalue weighted by Gasteiger charge is 2.11. The highest BCUT2D eigenvalue weighted by Crippen LogP contribution is 2.24. The van der Waals surface area contributed by atoms with Crippen molar-refractivity contribution in [3.05, 3.63) is 103 Å². The summed E-state index contributed by atoms with van der Waals surface area (Å²) in [5.74, 6) is -0.292. The van der Waals surface area contributed by atoms with Crippen LogP contribution in [0.4, 0.5) is 5.69 Å². The van der Waals surface area contributed by atoms with Crippen molar-refractivity contribution in [1.29, 1.82) is 0 Å². The first-order valence-corrected chi connectivity index (χ1v) is 11.4. The lowest BCUT2D eigenvalue weighted by atomic mass is 10.1. The lowest BCUT2D eigenvalue weighted by Crippen LogP contribution is -2.31. The van der Waals surface area contributed by atoms with Crippen molar-refractivity contribution in [3.63, 3.8) is 0 Å². The van der Waals surface area contributed by atoms with E-state index in [4.69, 9.17) is 5.10 Å². The Morgan fingerprint density at radius 1 is 1.00 bits per heavy atom. The highest BCUT2D eigenvalue weighted by molar-refractivity contribution is 6.02. The maximum absolute atomic E-state index is 12.6. The van der Waals surface area contributed by atoms with Gasteiger partial charge in [0.1, 0.15) is 5.69 Å². The largest absolute Gasteiger partial charge is 0.354 e. The number of hydrogen-bond donors (Lipinski definition) is 2. The van der Waals surface area contributed by atoms with Crippen molar-refractivity contribution in [2.45, 2.75) is 26.3 Å². The number of aromatic nitrogens is 3. The molecule has 0 unspecified atom stereocenters. The van der Waals surface area contributed by atoms with Crippen molar-refractivity contribution in [3.8, 4) is 16.9 Å². The van der Waals surface area contributed by atoms with E-state index in [1.807, 2.05) is 74.6 Å². The summed E-state index contributed by atoms with van der Waals surface area (Å²) in [5, 5.41) is 10.5. The summed E-state index contributed by atoms with van der Waals surface area (Å²) in [6.07, 6.45) is 8.87. The fraction of sp³-hybridized carbons (Fsp3) is 0.143. The van der Waals surface area contributed by atoms with Gasteiger partial charge in [0.15, 0.2) is 0 Å². The fourth-order valence-electron chi connectivity index (χ4n) is 3.56. The van der Waals surface area contributed by atoms with E-state index in [2.05, 4.69) is 15.6 Å². The molecule has 0 aliphatic heterocycles. The van der Waals surface area contributed by atoms with Gasteiger partial charge in [0.2, 0.25) is 11.8 Å². The number of amides is 2. The standard InChI is InChI=1S/C28H27N5O2/c1-20(2)30-27(35)17-21-10-13-24(14-11-21)31-26(34)15-12-23-19-33(25-8-4-3-5-9-25)32-28(23)22-7-6-16-29-18-22/h3-16,18-20H,17H2,1-2H3,(H,30,35)(H,31,34)/b15-12+. The molecular formula is C28H27N5O2. The van der Waals surface area contributed by atoms with E-state index in [0.29, 0.717) is 12.1 Å². The molecule has 2 aromatic heterocycles. The van der Waals surface area contributed by atoms with Crippen LogP contribution >= 0.6 is 0 Å². The topological polar surface area (TPSA) is 88.9 Å². The normalized spacial score (nSPS) is 11.1. The molecule has 35 heavy (non-hydrogen) atoms. The molecule has 0 aliphatic rings. The smallest absolute Gasteiger partial charge is 0.248 e. The summed E-state index contributed by atoms with van der Waals surface area (Å²) in [7, 11) is 0. The minimum absolute atomic E-state index is 0.0276. The first-order chi connectivity index (χ1) is 17.0. The maximum atomic E-state index is 12.6. The molecule has 0 saturated heterocycles. The van der Waals surface area contributed by atoms with Crippen molar-refractivity contribution < 1.29 is 9.59 Å². The zero-order valence-corrected chi connectivity index (χ0v) is 19.7. The molecule has 0 aliphatic carbocycles. The van der Waals surface area contributed by atoms with Crippen LogP contribution in [0.2, 0.25) is 0 Å². The summed E-state index contributed by atoms with van der Waals surface area (Å²) in [4.78, 5) is 28.7. The summed E-state index contributed by atoms with van der Waals surface area (Å²) in [6.45, 7) is 3.85. The Bertz CT molecular complexity index is 1310. The van der Waals surface area contributed by atoms with Crippen LogP contribution in [-0.4, -0.2) is 32.6 Å². The number of nitrogens with one attached hydrogen (secondary N) is 2. The fourth-order valence-corrected chi connectivity index (χ4v) is 3.56. The van der Waals surface area contributed by atoms with Crippen LogP contribution in [0, 0.1) is 0 Å². The van der Waals surface area contributed by atoms with Crippen molar-refractivity contribution in [2.24, 2.45) is 0 Å². The minimum atomic E-state index is -0.264. The number of carbonyl (C=O) groups excluding carboxylic acids is 2. The number of nitrogens with zero attached hydrogens (tertiary/aromatic N) is 3. The number of para-hydroxylation sites is 1. The molecule has 2 N–H and O–H groups in total. The molecule has 0 fully saturated rings. The van der Waals surface area contributed by atoms with Gasteiger partial charge in [-0.3, -0.25) is 14.6 Å². The quantitative estimate of drug-likeness (QED) is 0.371. The Morgan fingerprint density at radius 2 is 1.77 bits per heavy atom. The summed E-state index contributed by atoms with van der Waals surface area (Å²) < 4.78 is 1.79. The molecule has 2 heterocycles. The van der Waals surface area contributed by atoms with Crippen LogP contribution in [0.3, 0.4) is 0 Å². The van der Waals surface area contributed by atoms with Gasteiger partial charge >= 0.3 is 0 Å². The van der Waals surface area contributed by atoms with E-state index in [-0.39, 0.29) is 17.9 Å². The second-order valence-corrected chi connectivity index (χ2v) is 8.37. The number of hydrogen-bond acceptors (Lipinski definition) is 4. The van der Waals surface area contributed by atoms with Crippen LogP contribution in [0.1, 0.15) is 25.0 Å². The molecule has 0 spiro atoms. The van der Waals surface area contributed by atoms with Gasteiger partial charge in [0.05, 0.1) is 12.1 Å². The van der Waals surface area contributed by atoms with Gasteiger partial charge in [-0.15, -0.1) is 0 Å². The van der Waals surface area contributed by atoms with Gasteiger partial charge in [0, 0.05) is 47.5 Å². The molecule has 7 heteroatoms. The number of rotatable bonds is 8. The minimum Gasteiger partial charge on any atom is -0.354 e. The Kier molecular flexibility index (Phi) is 7.47. The first kappa shape index (κ1) is 23.6. The zero-order valence-electron chi connectivity index (χ0n) is 19.7. The molecule has 4 aromatic rings. The average Bonchev–Trinajstić information content (AvgIpc) is 3.29. The van der Waals surface area contributed by atoms with Crippen LogP contribution in [0.5, 0.6) is 0 Å².